The van der Waals surface area contributed by atoms with Crippen LogP contribution in [0.2, 0.25) is 0 Å². The number of ether oxygens (including phenoxy) is 1. The molecule has 3 heterocycles. The molecule has 0 bridgehead atoms. The first-order valence-corrected chi connectivity index (χ1v) is 8.30. The second kappa shape index (κ2) is 6.66. The molecule has 0 spiro atoms. The molecular weight excluding hydrogens is 322 g/mol. The number of carbonyl (C=O) groups excluding carboxylic acids is 1. The van der Waals surface area contributed by atoms with E-state index in [1.165, 1.54) is 0 Å². The maximum atomic E-state index is 12.7. The Labute approximate surface area is 145 Å². The summed E-state index contributed by atoms with van der Waals surface area (Å²) in [6, 6.07) is 1.74. The topological polar surface area (TPSA) is 91.2 Å². The lowest BCUT2D eigenvalue weighted by Crippen LogP contribution is -2.08. The Morgan fingerprint density at radius 2 is 2.00 bits per heavy atom. The Hall–Kier alpha value is -2.70. The average Bonchev–Trinajstić information content (AvgIpc) is 3.14. The summed E-state index contributed by atoms with van der Waals surface area (Å²) >= 11 is 0. The molecule has 0 radical (unpaired) electrons. The molecule has 132 valence electrons. The second-order valence-corrected chi connectivity index (χ2v) is 6.30. The number of nitrogens with zero attached hydrogens (tertiary/aromatic N) is 3. The van der Waals surface area contributed by atoms with E-state index in [2.05, 4.69) is 15.3 Å². The Balaban J connectivity index is 1.90. The third-order valence-electron chi connectivity index (χ3n) is 4.23. The van der Waals surface area contributed by atoms with Crippen molar-refractivity contribution in [3.8, 4) is 0 Å². The quantitative estimate of drug-likeness (QED) is 0.649. The van der Waals surface area contributed by atoms with E-state index >= 15 is 0 Å². The van der Waals surface area contributed by atoms with Crippen LogP contribution in [-0.2, 0) is 17.8 Å². The Kier molecular flexibility index (Phi) is 4.57. The molecule has 3 aromatic heterocycles. The highest BCUT2D eigenvalue weighted by molar-refractivity contribution is 6.03. The van der Waals surface area contributed by atoms with Gasteiger partial charge in [-0.1, -0.05) is 31.1 Å². The SMILES string of the molecule is CCc1noc(COC(=O)c2cc(C(C)C)nc3onc(C)c23)c1C. The van der Waals surface area contributed by atoms with Gasteiger partial charge in [-0.2, -0.15) is 0 Å². The molecule has 0 fully saturated rings. The fraction of sp³-hybridized carbons (Fsp3) is 0.444. The Morgan fingerprint density at radius 1 is 1.24 bits per heavy atom. The van der Waals surface area contributed by atoms with E-state index in [-0.39, 0.29) is 12.5 Å². The van der Waals surface area contributed by atoms with E-state index in [9.17, 15) is 4.79 Å². The van der Waals surface area contributed by atoms with Gasteiger partial charge in [-0.3, -0.25) is 0 Å². The maximum absolute atomic E-state index is 12.7. The third kappa shape index (κ3) is 3.14. The first-order valence-electron chi connectivity index (χ1n) is 8.30. The lowest BCUT2D eigenvalue weighted by molar-refractivity contribution is 0.0438. The first kappa shape index (κ1) is 17.1. The van der Waals surface area contributed by atoms with Crippen molar-refractivity contribution in [3.63, 3.8) is 0 Å². The summed E-state index contributed by atoms with van der Waals surface area (Å²) in [5.74, 6) is 0.237. The summed E-state index contributed by atoms with van der Waals surface area (Å²) in [6.45, 7) is 9.70. The molecule has 0 aliphatic rings. The zero-order valence-corrected chi connectivity index (χ0v) is 15.0. The summed E-state index contributed by atoms with van der Waals surface area (Å²) in [6.07, 6.45) is 0.770. The van der Waals surface area contributed by atoms with Crippen LogP contribution >= 0.6 is 0 Å². The number of esters is 1. The van der Waals surface area contributed by atoms with Gasteiger partial charge in [0.05, 0.1) is 22.3 Å². The van der Waals surface area contributed by atoms with Crippen LogP contribution in [0.1, 0.15) is 65.5 Å². The highest BCUT2D eigenvalue weighted by atomic mass is 16.5. The summed E-state index contributed by atoms with van der Waals surface area (Å²) in [5.41, 5.74) is 3.89. The second-order valence-electron chi connectivity index (χ2n) is 6.30. The van der Waals surface area contributed by atoms with Gasteiger partial charge in [0.25, 0.3) is 5.71 Å². The summed E-state index contributed by atoms with van der Waals surface area (Å²) in [4.78, 5) is 17.1. The van der Waals surface area contributed by atoms with Crippen molar-refractivity contribution < 1.29 is 18.6 Å². The van der Waals surface area contributed by atoms with Gasteiger partial charge in [0.2, 0.25) is 0 Å². The van der Waals surface area contributed by atoms with Gasteiger partial charge in [0.15, 0.2) is 12.4 Å². The van der Waals surface area contributed by atoms with Gasteiger partial charge in [-0.05, 0) is 32.3 Å². The van der Waals surface area contributed by atoms with Crippen LogP contribution in [0, 0.1) is 13.8 Å². The van der Waals surface area contributed by atoms with E-state index in [0.29, 0.717) is 28.1 Å². The predicted molar refractivity (Wildman–Crippen MR) is 90.4 cm³/mol. The summed E-state index contributed by atoms with van der Waals surface area (Å²) in [5, 5.41) is 8.47. The Morgan fingerprint density at radius 3 is 2.64 bits per heavy atom. The van der Waals surface area contributed by atoms with Crippen LogP contribution in [0.25, 0.3) is 11.1 Å². The zero-order chi connectivity index (χ0) is 18.1. The van der Waals surface area contributed by atoms with E-state index in [1.807, 2.05) is 27.7 Å². The van der Waals surface area contributed by atoms with Crippen molar-refractivity contribution >= 4 is 17.1 Å². The molecule has 0 atom stereocenters. The normalized spacial score (nSPS) is 11.4. The number of hydrogen-bond acceptors (Lipinski definition) is 7. The molecule has 0 saturated heterocycles. The molecule has 0 aliphatic carbocycles. The highest BCUT2D eigenvalue weighted by Crippen LogP contribution is 2.26. The number of aryl methyl sites for hydroxylation is 2. The lowest BCUT2D eigenvalue weighted by atomic mass is 10.0. The zero-order valence-electron chi connectivity index (χ0n) is 15.0. The minimum absolute atomic E-state index is 0.0306. The fourth-order valence-electron chi connectivity index (χ4n) is 2.65. The molecule has 0 unspecified atom stereocenters. The van der Waals surface area contributed by atoms with Gasteiger partial charge >= 0.3 is 5.97 Å². The van der Waals surface area contributed by atoms with Crippen LogP contribution in [0.4, 0.5) is 0 Å². The summed E-state index contributed by atoms with van der Waals surface area (Å²) < 4.78 is 15.9. The largest absolute Gasteiger partial charge is 0.454 e. The van der Waals surface area contributed by atoms with Crippen LogP contribution in [0.15, 0.2) is 15.1 Å². The summed E-state index contributed by atoms with van der Waals surface area (Å²) in [7, 11) is 0. The molecule has 25 heavy (non-hydrogen) atoms. The van der Waals surface area contributed by atoms with E-state index in [0.717, 1.165) is 23.4 Å². The minimum atomic E-state index is -0.463. The molecule has 3 rings (SSSR count). The molecule has 3 aromatic rings. The molecular formula is C18H21N3O4. The van der Waals surface area contributed by atoms with Crippen LogP contribution in [-0.4, -0.2) is 21.3 Å². The van der Waals surface area contributed by atoms with Gasteiger partial charge in [0, 0.05) is 11.3 Å². The maximum Gasteiger partial charge on any atom is 0.339 e. The fourth-order valence-corrected chi connectivity index (χ4v) is 2.65. The van der Waals surface area contributed by atoms with Crippen molar-refractivity contribution in [2.75, 3.05) is 0 Å². The minimum Gasteiger partial charge on any atom is -0.454 e. The average molecular weight is 343 g/mol. The van der Waals surface area contributed by atoms with Crippen LogP contribution in [0.5, 0.6) is 0 Å². The molecule has 0 aliphatic heterocycles. The van der Waals surface area contributed by atoms with E-state index in [4.69, 9.17) is 13.8 Å². The Bertz CT molecular complexity index is 924. The molecule has 0 aromatic carbocycles. The third-order valence-corrected chi connectivity index (χ3v) is 4.23. The molecule has 7 heteroatoms. The highest BCUT2D eigenvalue weighted by Gasteiger charge is 2.22. The van der Waals surface area contributed by atoms with Crippen molar-refractivity contribution in [1.82, 2.24) is 15.3 Å². The van der Waals surface area contributed by atoms with Crippen LogP contribution < -0.4 is 0 Å². The van der Waals surface area contributed by atoms with Crippen molar-refractivity contribution in [2.24, 2.45) is 0 Å². The number of fused-ring (bicyclic) bond motifs is 1. The van der Waals surface area contributed by atoms with Crippen molar-refractivity contribution in [2.45, 2.75) is 53.6 Å². The van der Waals surface area contributed by atoms with E-state index in [1.54, 1.807) is 13.0 Å². The number of pyridine rings is 1. The first-order chi connectivity index (χ1) is 11.9. The monoisotopic (exact) mass is 343 g/mol. The molecule has 0 N–H and O–H groups in total. The number of hydrogen-bond donors (Lipinski definition) is 0. The van der Waals surface area contributed by atoms with Gasteiger partial charge in [0.1, 0.15) is 0 Å². The lowest BCUT2D eigenvalue weighted by Gasteiger charge is -2.08. The number of carbonyl (C=O) groups is 1. The van der Waals surface area contributed by atoms with Gasteiger partial charge in [-0.25, -0.2) is 9.78 Å². The van der Waals surface area contributed by atoms with Crippen LogP contribution in [0.3, 0.4) is 0 Å². The van der Waals surface area contributed by atoms with Gasteiger partial charge < -0.3 is 13.8 Å². The molecule has 0 amide bonds. The number of aromatic nitrogens is 3. The number of rotatable bonds is 5. The van der Waals surface area contributed by atoms with Crippen molar-refractivity contribution in [3.05, 3.63) is 40.0 Å². The van der Waals surface area contributed by atoms with E-state index < -0.39 is 5.97 Å². The smallest absolute Gasteiger partial charge is 0.339 e. The van der Waals surface area contributed by atoms with Gasteiger partial charge in [-0.15, -0.1) is 0 Å². The van der Waals surface area contributed by atoms with Crippen molar-refractivity contribution in [1.29, 1.82) is 0 Å². The predicted octanol–water partition coefficient (Wildman–Crippen LogP) is 3.87. The standard InChI is InChI=1S/C18H21N3O4/c1-6-13-10(4)15(24-21-13)8-23-18(22)12-7-14(9(2)3)19-17-16(12)11(5)20-25-17/h7,9H,6,8H2,1-5H3. The molecule has 7 nitrogen and oxygen atoms in total. The molecule has 0 saturated carbocycles.